The summed E-state index contributed by atoms with van der Waals surface area (Å²) >= 11 is 1.65. The molecule has 0 saturated heterocycles. The zero-order valence-electron chi connectivity index (χ0n) is 15.4. The SMILES string of the molecule is CCCCCCCCCCCCSc1nnc(-c2ccc(N)cc2)o1. The molecule has 2 rings (SSSR count). The summed E-state index contributed by atoms with van der Waals surface area (Å²) in [5.41, 5.74) is 7.34. The van der Waals surface area contributed by atoms with E-state index in [4.69, 9.17) is 10.2 Å². The number of hydrogen-bond acceptors (Lipinski definition) is 5. The number of unbranched alkanes of at least 4 members (excludes halogenated alkanes) is 9. The largest absolute Gasteiger partial charge is 0.411 e. The van der Waals surface area contributed by atoms with Crippen molar-refractivity contribution in [2.24, 2.45) is 0 Å². The van der Waals surface area contributed by atoms with Gasteiger partial charge in [-0.25, -0.2) is 0 Å². The van der Waals surface area contributed by atoms with Gasteiger partial charge < -0.3 is 10.2 Å². The fraction of sp³-hybridized carbons (Fsp3) is 0.600. The van der Waals surface area contributed by atoms with E-state index in [1.807, 2.05) is 24.3 Å². The molecule has 0 fully saturated rings. The van der Waals surface area contributed by atoms with E-state index in [9.17, 15) is 0 Å². The predicted octanol–water partition coefficient (Wildman–Crippen LogP) is 6.33. The average molecular weight is 362 g/mol. The lowest BCUT2D eigenvalue weighted by Gasteiger charge is -2.01. The molecule has 0 aliphatic carbocycles. The van der Waals surface area contributed by atoms with E-state index in [-0.39, 0.29) is 0 Å². The second-order valence-corrected chi connectivity index (χ2v) is 7.57. The quantitative estimate of drug-likeness (QED) is 0.256. The van der Waals surface area contributed by atoms with Gasteiger partial charge in [-0.15, -0.1) is 10.2 Å². The van der Waals surface area contributed by atoms with Crippen molar-refractivity contribution in [1.29, 1.82) is 0 Å². The highest BCUT2D eigenvalue weighted by Crippen LogP contribution is 2.24. The molecule has 4 nitrogen and oxygen atoms in total. The molecule has 2 N–H and O–H groups in total. The van der Waals surface area contributed by atoms with Gasteiger partial charge in [-0.2, -0.15) is 0 Å². The van der Waals surface area contributed by atoms with E-state index in [1.54, 1.807) is 11.8 Å². The van der Waals surface area contributed by atoms with E-state index in [2.05, 4.69) is 17.1 Å². The number of nitrogens with zero attached hydrogens (tertiary/aromatic N) is 2. The maximum absolute atomic E-state index is 5.70. The number of benzene rings is 1. The van der Waals surface area contributed by atoms with E-state index >= 15 is 0 Å². The van der Waals surface area contributed by atoms with Crippen LogP contribution in [-0.4, -0.2) is 16.0 Å². The van der Waals surface area contributed by atoms with Crippen LogP contribution in [0.5, 0.6) is 0 Å². The summed E-state index contributed by atoms with van der Waals surface area (Å²) in [5.74, 6) is 1.60. The van der Waals surface area contributed by atoms with Crippen LogP contribution in [0.1, 0.15) is 71.1 Å². The molecule has 25 heavy (non-hydrogen) atoms. The molecule has 0 bridgehead atoms. The van der Waals surface area contributed by atoms with Crippen LogP contribution in [0.4, 0.5) is 5.69 Å². The summed E-state index contributed by atoms with van der Waals surface area (Å²) in [5, 5.41) is 8.88. The van der Waals surface area contributed by atoms with Crippen molar-refractivity contribution in [1.82, 2.24) is 10.2 Å². The minimum absolute atomic E-state index is 0.561. The summed E-state index contributed by atoms with van der Waals surface area (Å²) in [4.78, 5) is 0. The van der Waals surface area contributed by atoms with Crippen LogP contribution in [0.25, 0.3) is 11.5 Å². The van der Waals surface area contributed by atoms with Gasteiger partial charge in [0.1, 0.15) is 0 Å². The monoisotopic (exact) mass is 361 g/mol. The topological polar surface area (TPSA) is 64.9 Å². The molecule has 0 amide bonds. The van der Waals surface area contributed by atoms with Crippen molar-refractivity contribution in [3.63, 3.8) is 0 Å². The first-order valence-corrected chi connectivity index (χ1v) is 10.6. The molecule has 1 heterocycles. The fourth-order valence-electron chi connectivity index (χ4n) is 2.76. The van der Waals surface area contributed by atoms with Crippen molar-refractivity contribution in [3.8, 4) is 11.5 Å². The van der Waals surface area contributed by atoms with Crippen molar-refractivity contribution >= 4 is 17.4 Å². The van der Waals surface area contributed by atoms with Crippen molar-refractivity contribution < 1.29 is 4.42 Å². The molecular weight excluding hydrogens is 330 g/mol. The minimum atomic E-state index is 0.561. The molecule has 0 atom stereocenters. The molecule has 0 aliphatic rings. The lowest BCUT2D eigenvalue weighted by Crippen LogP contribution is -1.84. The van der Waals surface area contributed by atoms with E-state index < -0.39 is 0 Å². The second-order valence-electron chi connectivity index (χ2n) is 6.53. The number of thioether (sulfide) groups is 1. The van der Waals surface area contributed by atoms with Crippen molar-refractivity contribution in [2.45, 2.75) is 76.4 Å². The molecule has 5 heteroatoms. The Morgan fingerprint density at radius 1 is 0.840 bits per heavy atom. The van der Waals surface area contributed by atoms with Gasteiger partial charge in [0.25, 0.3) is 5.22 Å². The molecule has 1 aromatic heterocycles. The Bertz CT molecular complexity index is 583. The maximum Gasteiger partial charge on any atom is 0.276 e. The van der Waals surface area contributed by atoms with Gasteiger partial charge in [-0.05, 0) is 30.7 Å². The van der Waals surface area contributed by atoms with Crippen LogP contribution in [0.15, 0.2) is 33.9 Å². The fourth-order valence-corrected chi connectivity index (χ4v) is 3.52. The number of aromatic nitrogens is 2. The molecule has 138 valence electrons. The smallest absolute Gasteiger partial charge is 0.276 e. The first-order chi connectivity index (χ1) is 12.3. The first-order valence-electron chi connectivity index (χ1n) is 9.62. The Labute approximate surface area is 156 Å². The van der Waals surface area contributed by atoms with E-state index in [1.165, 1.54) is 64.2 Å². The lowest BCUT2D eigenvalue weighted by atomic mass is 10.1. The summed E-state index contributed by atoms with van der Waals surface area (Å²) < 4.78 is 5.70. The third-order valence-electron chi connectivity index (χ3n) is 4.29. The van der Waals surface area contributed by atoms with Crippen LogP contribution in [0, 0.1) is 0 Å². The number of anilines is 1. The normalized spacial score (nSPS) is 11.1. The molecule has 1 aromatic carbocycles. The zero-order valence-corrected chi connectivity index (χ0v) is 16.2. The Morgan fingerprint density at radius 2 is 1.44 bits per heavy atom. The number of hydrogen-bond donors (Lipinski definition) is 1. The highest BCUT2D eigenvalue weighted by molar-refractivity contribution is 7.99. The van der Waals surface area contributed by atoms with Gasteiger partial charge in [0.05, 0.1) is 0 Å². The lowest BCUT2D eigenvalue weighted by molar-refractivity contribution is 0.465. The Hall–Kier alpha value is -1.49. The standard InChI is InChI=1S/C20H31N3OS/c1-2-3-4-5-6-7-8-9-10-11-16-25-20-23-22-19(24-20)17-12-14-18(21)15-13-17/h12-15H,2-11,16,21H2,1H3. The van der Waals surface area contributed by atoms with Crippen LogP contribution in [0.3, 0.4) is 0 Å². The van der Waals surface area contributed by atoms with Crippen molar-refractivity contribution in [2.75, 3.05) is 11.5 Å². The summed E-state index contributed by atoms with van der Waals surface area (Å²) in [6.45, 7) is 2.27. The Balaban J connectivity index is 1.52. The van der Waals surface area contributed by atoms with Gasteiger partial charge in [-0.1, -0.05) is 76.5 Å². The highest BCUT2D eigenvalue weighted by atomic mass is 32.2. The van der Waals surface area contributed by atoms with Gasteiger partial charge in [-0.3, -0.25) is 0 Å². The highest BCUT2D eigenvalue weighted by Gasteiger charge is 2.08. The zero-order chi connectivity index (χ0) is 17.7. The van der Waals surface area contributed by atoms with Gasteiger partial charge in [0, 0.05) is 17.0 Å². The molecule has 2 aromatic rings. The predicted molar refractivity (Wildman–Crippen MR) is 107 cm³/mol. The average Bonchev–Trinajstić information content (AvgIpc) is 3.09. The maximum atomic E-state index is 5.70. The third kappa shape index (κ3) is 7.95. The number of nitrogen functional groups attached to an aromatic ring is 1. The van der Waals surface area contributed by atoms with Gasteiger partial charge in [0.2, 0.25) is 5.89 Å². The summed E-state index contributed by atoms with van der Waals surface area (Å²) in [7, 11) is 0. The Morgan fingerprint density at radius 3 is 2.08 bits per heavy atom. The van der Waals surface area contributed by atoms with E-state index in [0.717, 1.165) is 17.0 Å². The van der Waals surface area contributed by atoms with Crippen LogP contribution in [-0.2, 0) is 0 Å². The Kier molecular flexibility index (Phi) is 9.49. The van der Waals surface area contributed by atoms with Crippen molar-refractivity contribution in [3.05, 3.63) is 24.3 Å². The molecule has 0 aliphatic heterocycles. The molecular formula is C20H31N3OS. The first kappa shape index (κ1) is 19.8. The van der Waals surface area contributed by atoms with Gasteiger partial charge in [0.15, 0.2) is 0 Å². The summed E-state index contributed by atoms with van der Waals surface area (Å²) in [6.07, 6.45) is 13.6. The third-order valence-corrected chi connectivity index (χ3v) is 5.19. The van der Waals surface area contributed by atoms with Crippen LogP contribution < -0.4 is 5.73 Å². The van der Waals surface area contributed by atoms with E-state index in [0.29, 0.717) is 11.1 Å². The van der Waals surface area contributed by atoms with Crippen LogP contribution in [0.2, 0.25) is 0 Å². The number of nitrogens with two attached hydrogens (primary N) is 1. The molecule has 0 unspecified atom stereocenters. The van der Waals surface area contributed by atoms with Crippen LogP contribution >= 0.6 is 11.8 Å². The second kappa shape index (κ2) is 12.0. The summed E-state index contributed by atoms with van der Waals surface area (Å²) in [6, 6.07) is 7.49. The number of rotatable bonds is 13. The van der Waals surface area contributed by atoms with Gasteiger partial charge >= 0.3 is 0 Å². The molecule has 0 saturated carbocycles. The molecule has 0 spiro atoms. The minimum Gasteiger partial charge on any atom is -0.411 e. The molecule has 0 radical (unpaired) electrons.